The maximum Gasteiger partial charge on any atom is 0.318 e. The van der Waals surface area contributed by atoms with Crippen LogP contribution in [0, 0.1) is 5.92 Å². The third-order valence-electron chi connectivity index (χ3n) is 6.60. The highest BCUT2D eigenvalue weighted by Crippen LogP contribution is 2.30. The predicted molar refractivity (Wildman–Crippen MR) is 111 cm³/mol. The van der Waals surface area contributed by atoms with E-state index >= 15 is 0 Å². The number of nitrogens with zero attached hydrogens (tertiary/aromatic N) is 2. The third-order valence-corrected chi connectivity index (χ3v) is 6.60. The summed E-state index contributed by atoms with van der Waals surface area (Å²) < 4.78 is 0. The molecule has 0 atom stereocenters. The van der Waals surface area contributed by atoms with Crippen molar-refractivity contribution in [2.24, 2.45) is 5.92 Å². The Morgan fingerprint density at radius 1 is 1.03 bits per heavy atom. The van der Waals surface area contributed by atoms with Gasteiger partial charge in [0, 0.05) is 37.6 Å². The van der Waals surface area contributed by atoms with Gasteiger partial charge in [-0.2, -0.15) is 0 Å². The first kappa shape index (κ1) is 20.0. The number of likely N-dealkylation sites (tertiary alicyclic amines) is 1. The van der Waals surface area contributed by atoms with E-state index in [1.54, 1.807) is 12.1 Å². The number of phenols is 1. The molecule has 0 radical (unpaired) electrons. The summed E-state index contributed by atoms with van der Waals surface area (Å²) in [7, 11) is 0. The fourth-order valence-corrected chi connectivity index (χ4v) is 4.71. The highest BCUT2D eigenvalue weighted by molar-refractivity contribution is 5.79. The average molecular weight is 400 g/mol. The first-order valence-corrected chi connectivity index (χ1v) is 11.2. The lowest BCUT2D eigenvalue weighted by Crippen LogP contribution is -2.51. The molecule has 2 saturated carbocycles. The number of phenolic OH excluding ortho intramolecular Hbond substituents is 1. The van der Waals surface area contributed by atoms with Crippen molar-refractivity contribution in [3.8, 4) is 5.75 Å². The largest absolute Gasteiger partial charge is 0.508 e. The maximum absolute atomic E-state index is 12.9. The van der Waals surface area contributed by atoms with Crippen LogP contribution in [0.1, 0.15) is 63.4 Å². The zero-order valence-electron chi connectivity index (χ0n) is 17.2. The highest BCUT2D eigenvalue weighted by atomic mass is 16.3. The molecule has 2 aliphatic carbocycles. The number of nitrogens with one attached hydrogen (secondary N) is 1. The monoisotopic (exact) mass is 399 g/mol. The first-order valence-electron chi connectivity index (χ1n) is 11.2. The standard InChI is InChI=1S/C23H33N3O3/c27-21-8-4-5-17(15-21)16-26(20-9-10-20)23(29)24-19-11-13-25(14-12-19)22(28)18-6-2-1-3-7-18/h4-5,8,15,18-20,27H,1-3,6-7,9-14,16H2,(H,24,29). The van der Waals surface area contributed by atoms with Gasteiger partial charge in [-0.3, -0.25) is 4.79 Å². The Kier molecular flexibility index (Phi) is 6.26. The van der Waals surface area contributed by atoms with E-state index in [1.807, 2.05) is 21.9 Å². The number of benzene rings is 1. The van der Waals surface area contributed by atoms with Crippen molar-refractivity contribution in [2.75, 3.05) is 13.1 Å². The number of hydrogen-bond acceptors (Lipinski definition) is 3. The molecule has 3 amide bonds. The first-order chi connectivity index (χ1) is 14.1. The Balaban J connectivity index is 1.27. The normalized spacial score (nSPS) is 21.0. The van der Waals surface area contributed by atoms with E-state index < -0.39 is 0 Å². The molecule has 1 saturated heterocycles. The van der Waals surface area contributed by atoms with Gasteiger partial charge in [-0.15, -0.1) is 0 Å². The van der Waals surface area contributed by atoms with Gasteiger partial charge in [0.05, 0.1) is 0 Å². The molecule has 1 aromatic rings. The number of carbonyl (C=O) groups excluding carboxylic acids is 2. The van der Waals surface area contributed by atoms with Crippen molar-refractivity contribution in [3.63, 3.8) is 0 Å². The molecule has 1 aliphatic heterocycles. The Hall–Kier alpha value is -2.24. The number of rotatable bonds is 5. The molecule has 0 aromatic heterocycles. The van der Waals surface area contributed by atoms with Gasteiger partial charge in [-0.1, -0.05) is 31.4 Å². The zero-order chi connectivity index (χ0) is 20.2. The number of carbonyl (C=O) groups is 2. The van der Waals surface area contributed by atoms with Crippen LogP contribution in [0.15, 0.2) is 24.3 Å². The topological polar surface area (TPSA) is 72.9 Å². The third kappa shape index (κ3) is 5.22. The summed E-state index contributed by atoms with van der Waals surface area (Å²) in [6.45, 7) is 2.01. The van der Waals surface area contributed by atoms with E-state index in [-0.39, 0.29) is 23.7 Å². The summed E-state index contributed by atoms with van der Waals surface area (Å²) in [6.07, 6.45) is 9.45. The molecule has 1 aromatic carbocycles. The maximum atomic E-state index is 12.9. The van der Waals surface area contributed by atoms with Crippen LogP contribution in [0.3, 0.4) is 0 Å². The predicted octanol–water partition coefficient (Wildman–Crippen LogP) is 3.64. The van der Waals surface area contributed by atoms with E-state index in [0.717, 1.165) is 57.2 Å². The molecule has 6 heteroatoms. The van der Waals surface area contributed by atoms with Crippen molar-refractivity contribution in [1.82, 2.24) is 15.1 Å². The molecule has 29 heavy (non-hydrogen) atoms. The molecule has 4 rings (SSSR count). The van der Waals surface area contributed by atoms with Gasteiger partial charge < -0.3 is 20.2 Å². The summed E-state index contributed by atoms with van der Waals surface area (Å²) in [4.78, 5) is 29.6. The van der Waals surface area contributed by atoms with Gasteiger partial charge in [0.2, 0.25) is 5.91 Å². The number of aromatic hydroxyl groups is 1. The Labute approximate surface area is 173 Å². The van der Waals surface area contributed by atoms with Gasteiger partial charge >= 0.3 is 6.03 Å². The summed E-state index contributed by atoms with van der Waals surface area (Å²) in [5, 5.41) is 12.9. The molecule has 3 fully saturated rings. The molecule has 0 bridgehead atoms. The van der Waals surface area contributed by atoms with Crippen LogP contribution < -0.4 is 5.32 Å². The average Bonchev–Trinajstić information content (AvgIpc) is 3.58. The molecule has 0 spiro atoms. The minimum absolute atomic E-state index is 0.0205. The molecule has 3 aliphatic rings. The zero-order valence-corrected chi connectivity index (χ0v) is 17.2. The molecule has 2 N–H and O–H groups in total. The lowest BCUT2D eigenvalue weighted by atomic mass is 9.87. The molecule has 0 unspecified atom stereocenters. The van der Waals surface area contributed by atoms with Crippen LogP contribution in [-0.2, 0) is 11.3 Å². The van der Waals surface area contributed by atoms with E-state index in [4.69, 9.17) is 0 Å². The van der Waals surface area contributed by atoms with Gasteiger partial charge in [-0.05, 0) is 56.2 Å². The number of hydrogen-bond donors (Lipinski definition) is 2. The molecule has 158 valence electrons. The number of piperidine rings is 1. The van der Waals surface area contributed by atoms with Gasteiger partial charge in [0.1, 0.15) is 5.75 Å². The van der Waals surface area contributed by atoms with Crippen LogP contribution in [0.4, 0.5) is 4.79 Å². The smallest absolute Gasteiger partial charge is 0.318 e. The fraction of sp³-hybridized carbons (Fsp3) is 0.652. The van der Waals surface area contributed by atoms with Crippen molar-refractivity contribution >= 4 is 11.9 Å². The number of amides is 3. The Bertz CT molecular complexity index is 720. The van der Waals surface area contributed by atoms with Crippen molar-refractivity contribution in [3.05, 3.63) is 29.8 Å². The van der Waals surface area contributed by atoms with Crippen molar-refractivity contribution < 1.29 is 14.7 Å². The summed E-state index contributed by atoms with van der Waals surface area (Å²) in [5.74, 6) is 0.786. The Morgan fingerprint density at radius 3 is 2.41 bits per heavy atom. The summed E-state index contributed by atoms with van der Waals surface area (Å²) >= 11 is 0. The Morgan fingerprint density at radius 2 is 1.76 bits per heavy atom. The molecule has 1 heterocycles. The molecular weight excluding hydrogens is 366 g/mol. The van der Waals surface area contributed by atoms with E-state index in [0.29, 0.717) is 18.5 Å². The van der Waals surface area contributed by atoms with E-state index in [2.05, 4.69) is 5.32 Å². The van der Waals surface area contributed by atoms with E-state index in [9.17, 15) is 14.7 Å². The van der Waals surface area contributed by atoms with Crippen LogP contribution >= 0.6 is 0 Å². The second-order valence-corrected chi connectivity index (χ2v) is 8.91. The summed E-state index contributed by atoms with van der Waals surface area (Å²) in [6, 6.07) is 7.53. The highest BCUT2D eigenvalue weighted by Gasteiger charge is 2.35. The second-order valence-electron chi connectivity index (χ2n) is 8.91. The molecular formula is C23H33N3O3. The summed E-state index contributed by atoms with van der Waals surface area (Å²) in [5.41, 5.74) is 0.944. The van der Waals surface area contributed by atoms with Crippen molar-refractivity contribution in [2.45, 2.75) is 76.4 Å². The minimum atomic E-state index is -0.0205. The van der Waals surface area contributed by atoms with Crippen molar-refractivity contribution in [1.29, 1.82) is 0 Å². The lowest BCUT2D eigenvalue weighted by Gasteiger charge is -2.36. The van der Waals surface area contributed by atoms with Gasteiger partial charge in [-0.25, -0.2) is 4.79 Å². The fourth-order valence-electron chi connectivity index (χ4n) is 4.71. The second kappa shape index (κ2) is 9.06. The quantitative estimate of drug-likeness (QED) is 0.794. The SMILES string of the molecule is O=C(C1CCCCC1)N1CCC(NC(=O)N(Cc2cccc(O)c2)C2CC2)CC1. The minimum Gasteiger partial charge on any atom is -0.508 e. The molecule has 6 nitrogen and oxygen atoms in total. The lowest BCUT2D eigenvalue weighted by molar-refractivity contribution is -0.137. The van der Waals surface area contributed by atoms with Gasteiger partial charge in [0.25, 0.3) is 0 Å². The number of urea groups is 1. The van der Waals surface area contributed by atoms with Crippen LogP contribution in [-0.4, -0.2) is 52.0 Å². The van der Waals surface area contributed by atoms with Crippen LogP contribution in [0.2, 0.25) is 0 Å². The van der Waals surface area contributed by atoms with E-state index in [1.165, 1.54) is 19.3 Å². The van der Waals surface area contributed by atoms with Crippen LogP contribution in [0.25, 0.3) is 0 Å². The van der Waals surface area contributed by atoms with Crippen LogP contribution in [0.5, 0.6) is 5.75 Å². The van der Waals surface area contributed by atoms with Gasteiger partial charge in [0.15, 0.2) is 0 Å².